The van der Waals surface area contributed by atoms with E-state index in [9.17, 15) is 0 Å². The van der Waals surface area contributed by atoms with Crippen LogP contribution in [0.2, 0.25) is 0 Å². The number of rotatable bonds is 5. The molecule has 0 bridgehead atoms. The Labute approximate surface area is 179 Å². The molecule has 3 aromatic carbocycles. The van der Waals surface area contributed by atoms with Crippen LogP contribution in [0.4, 0.5) is 0 Å². The molecule has 1 aromatic heterocycles. The van der Waals surface area contributed by atoms with Gasteiger partial charge in [-0.3, -0.25) is 4.98 Å². The van der Waals surface area contributed by atoms with E-state index in [1.54, 1.807) is 0 Å². The first-order chi connectivity index (χ1) is 14.5. The number of benzene rings is 3. The van der Waals surface area contributed by atoms with Crippen LogP contribution in [-0.4, -0.2) is 9.97 Å². The quantitative estimate of drug-likeness (QED) is 0.347. The van der Waals surface area contributed by atoms with Crippen LogP contribution in [0.3, 0.4) is 0 Å². The summed E-state index contributed by atoms with van der Waals surface area (Å²) < 4.78 is 0. The predicted molar refractivity (Wildman–Crippen MR) is 127 cm³/mol. The summed E-state index contributed by atoms with van der Waals surface area (Å²) in [5.74, 6) is 1.01. The lowest BCUT2D eigenvalue weighted by molar-refractivity contribution is 0.866. The summed E-state index contributed by atoms with van der Waals surface area (Å²) in [6.07, 6.45) is 1.88. The highest BCUT2D eigenvalue weighted by Gasteiger charge is 2.14. The zero-order valence-electron chi connectivity index (χ0n) is 18.1. The van der Waals surface area contributed by atoms with Gasteiger partial charge in [0.05, 0.1) is 23.3 Å². The van der Waals surface area contributed by atoms with Gasteiger partial charge in [0.1, 0.15) is 0 Å². The highest BCUT2D eigenvalue weighted by atomic mass is 14.8. The fraction of sp³-hybridized carbons (Fsp3) is 0.214. The first-order valence-electron chi connectivity index (χ1n) is 10.7. The maximum atomic E-state index is 5.06. The van der Waals surface area contributed by atoms with Gasteiger partial charge in [-0.05, 0) is 23.0 Å². The topological polar surface area (TPSA) is 25.8 Å². The van der Waals surface area contributed by atoms with E-state index in [1.165, 1.54) is 11.1 Å². The molecule has 0 N–H and O–H groups in total. The third kappa shape index (κ3) is 4.18. The third-order valence-corrected chi connectivity index (χ3v) is 5.54. The molecular weight excluding hydrogens is 364 g/mol. The molecule has 0 aliphatic carbocycles. The minimum Gasteiger partial charge on any atom is -0.252 e. The van der Waals surface area contributed by atoms with Crippen LogP contribution in [-0.2, 0) is 0 Å². The van der Waals surface area contributed by atoms with Crippen molar-refractivity contribution in [2.75, 3.05) is 0 Å². The summed E-state index contributed by atoms with van der Waals surface area (Å²) in [5, 5.41) is 0. The second-order valence-corrected chi connectivity index (χ2v) is 8.37. The first-order valence-corrected chi connectivity index (χ1v) is 10.7. The van der Waals surface area contributed by atoms with Crippen LogP contribution >= 0.6 is 0 Å². The van der Waals surface area contributed by atoms with Gasteiger partial charge in [0.2, 0.25) is 0 Å². The zero-order valence-corrected chi connectivity index (χ0v) is 18.1. The molecule has 0 amide bonds. The van der Waals surface area contributed by atoms with Gasteiger partial charge in [0, 0.05) is 16.7 Å². The van der Waals surface area contributed by atoms with Crippen LogP contribution in [0.25, 0.3) is 33.8 Å². The molecule has 0 saturated heterocycles. The molecule has 2 heteroatoms. The monoisotopic (exact) mass is 392 g/mol. The molecular formula is C28H28N2. The van der Waals surface area contributed by atoms with Gasteiger partial charge < -0.3 is 0 Å². The molecule has 0 atom stereocenters. The standard InChI is InChI=1S/C28H28N2/c1-19(2)21-10-14-24(15-11-21)27-28(25-16-12-22(13-17-25)20(3)4)30-26(18-29-27)23-8-6-5-7-9-23/h5-20H,1-4H3. The van der Waals surface area contributed by atoms with Gasteiger partial charge in [-0.15, -0.1) is 0 Å². The molecule has 4 rings (SSSR count). The molecule has 0 aliphatic heterocycles. The molecule has 1 heterocycles. The van der Waals surface area contributed by atoms with Crippen molar-refractivity contribution in [3.05, 3.63) is 96.2 Å². The number of hydrogen-bond acceptors (Lipinski definition) is 2. The fourth-order valence-corrected chi connectivity index (χ4v) is 3.60. The van der Waals surface area contributed by atoms with E-state index in [2.05, 4.69) is 88.4 Å². The number of hydrogen-bond donors (Lipinski definition) is 0. The normalized spacial score (nSPS) is 11.3. The smallest absolute Gasteiger partial charge is 0.0972 e. The molecule has 30 heavy (non-hydrogen) atoms. The fourth-order valence-electron chi connectivity index (χ4n) is 3.60. The maximum Gasteiger partial charge on any atom is 0.0972 e. The second-order valence-electron chi connectivity index (χ2n) is 8.37. The van der Waals surface area contributed by atoms with Crippen molar-refractivity contribution in [1.82, 2.24) is 9.97 Å². The Bertz CT molecular complexity index is 1110. The Hall–Kier alpha value is -3.26. The van der Waals surface area contributed by atoms with Gasteiger partial charge in [0.25, 0.3) is 0 Å². The van der Waals surface area contributed by atoms with Crippen LogP contribution in [0.1, 0.15) is 50.7 Å². The summed E-state index contributed by atoms with van der Waals surface area (Å²) in [4.78, 5) is 9.93. The van der Waals surface area contributed by atoms with E-state index >= 15 is 0 Å². The molecule has 0 saturated carbocycles. The van der Waals surface area contributed by atoms with Crippen molar-refractivity contribution in [3.63, 3.8) is 0 Å². The zero-order chi connectivity index (χ0) is 21.1. The Morgan fingerprint density at radius 1 is 0.533 bits per heavy atom. The van der Waals surface area contributed by atoms with E-state index in [4.69, 9.17) is 9.97 Å². The average molecular weight is 393 g/mol. The summed E-state index contributed by atoms with van der Waals surface area (Å²) >= 11 is 0. The van der Waals surface area contributed by atoms with Crippen LogP contribution < -0.4 is 0 Å². The Morgan fingerprint density at radius 3 is 1.53 bits per heavy atom. The summed E-state index contributed by atoms with van der Waals surface area (Å²) in [6.45, 7) is 8.86. The molecule has 0 aliphatic rings. The molecule has 0 radical (unpaired) electrons. The van der Waals surface area contributed by atoms with Gasteiger partial charge in [-0.25, -0.2) is 4.98 Å². The van der Waals surface area contributed by atoms with E-state index in [1.807, 2.05) is 24.4 Å². The molecule has 2 nitrogen and oxygen atoms in total. The van der Waals surface area contributed by atoms with Crippen LogP contribution in [0, 0.1) is 0 Å². The lowest BCUT2D eigenvalue weighted by Gasteiger charge is -2.13. The van der Waals surface area contributed by atoms with Gasteiger partial charge >= 0.3 is 0 Å². The lowest BCUT2D eigenvalue weighted by atomic mass is 9.97. The van der Waals surface area contributed by atoms with Gasteiger partial charge in [-0.2, -0.15) is 0 Å². The minimum atomic E-state index is 0.504. The van der Waals surface area contributed by atoms with E-state index < -0.39 is 0 Å². The SMILES string of the molecule is CC(C)c1ccc(-c2ncc(-c3ccccc3)nc2-c2ccc(C(C)C)cc2)cc1. The van der Waals surface area contributed by atoms with E-state index in [0.29, 0.717) is 11.8 Å². The van der Waals surface area contributed by atoms with Crippen molar-refractivity contribution in [1.29, 1.82) is 0 Å². The van der Waals surface area contributed by atoms with Crippen molar-refractivity contribution in [2.45, 2.75) is 39.5 Å². The molecule has 0 spiro atoms. The minimum absolute atomic E-state index is 0.504. The third-order valence-electron chi connectivity index (χ3n) is 5.54. The van der Waals surface area contributed by atoms with Crippen molar-refractivity contribution in [3.8, 4) is 33.8 Å². The maximum absolute atomic E-state index is 5.06. The van der Waals surface area contributed by atoms with Crippen molar-refractivity contribution >= 4 is 0 Å². The second kappa shape index (κ2) is 8.62. The molecule has 0 fully saturated rings. The molecule has 0 unspecified atom stereocenters. The summed E-state index contributed by atoms with van der Waals surface area (Å²) in [7, 11) is 0. The number of aromatic nitrogens is 2. The van der Waals surface area contributed by atoms with E-state index in [0.717, 1.165) is 33.8 Å². The van der Waals surface area contributed by atoms with E-state index in [-0.39, 0.29) is 0 Å². The number of nitrogens with zero attached hydrogens (tertiary/aromatic N) is 2. The Morgan fingerprint density at radius 2 is 1.03 bits per heavy atom. The largest absolute Gasteiger partial charge is 0.252 e. The van der Waals surface area contributed by atoms with Crippen LogP contribution in [0.5, 0.6) is 0 Å². The average Bonchev–Trinajstić information content (AvgIpc) is 2.79. The predicted octanol–water partition coefficient (Wildman–Crippen LogP) is 7.72. The highest BCUT2D eigenvalue weighted by Crippen LogP contribution is 2.32. The van der Waals surface area contributed by atoms with Crippen LogP contribution in [0.15, 0.2) is 85.1 Å². The molecule has 150 valence electrons. The highest BCUT2D eigenvalue weighted by molar-refractivity contribution is 5.79. The lowest BCUT2D eigenvalue weighted by Crippen LogP contribution is -1.97. The van der Waals surface area contributed by atoms with Gasteiger partial charge in [-0.1, -0.05) is 107 Å². The summed E-state index contributed by atoms with van der Waals surface area (Å²) in [6, 6.07) is 27.7. The van der Waals surface area contributed by atoms with Crippen molar-refractivity contribution in [2.24, 2.45) is 0 Å². The van der Waals surface area contributed by atoms with Gasteiger partial charge in [0.15, 0.2) is 0 Å². The Kier molecular flexibility index (Phi) is 5.76. The van der Waals surface area contributed by atoms with Crippen molar-refractivity contribution < 1.29 is 0 Å². The summed E-state index contributed by atoms with van der Waals surface area (Å²) in [5.41, 5.74) is 8.64. The Balaban J connectivity index is 1.84. The molecule has 4 aromatic rings. The first kappa shape index (κ1) is 20.0.